The maximum Gasteiger partial charge on any atom is 0.0701 e. The Hall–Kier alpha value is -0.720. The van der Waals surface area contributed by atoms with E-state index in [1.807, 2.05) is 0 Å². The molecule has 0 fully saturated rings. The van der Waals surface area contributed by atoms with E-state index in [2.05, 4.69) is 54.9 Å². The molecule has 0 saturated heterocycles. The second-order valence-corrected chi connectivity index (χ2v) is 16.3. The van der Waals surface area contributed by atoms with Crippen LogP contribution in [-0.4, -0.2) is 82.0 Å². The Morgan fingerprint density at radius 3 is 0.963 bits per heavy atom. The van der Waals surface area contributed by atoms with Crippen LogP contribution in [0.5, 0.6) is 0 Å². The summed E-state index contributed by atoms with van der Waals surface area (Å²) in [6, 6.07) is 0. The fourth-order valence-corrected chi connectivity index (χ4v) is 7.24. The molecule has 0 rings (SSSR count). The lowest BCUT2D eigenvalue weighted by molar-refractivity contribution is 0.0307. The number of hydrogen-bond donors (Lipinski definition) is 1. The van der Waals surface area contributed by atoms with E-state index in [-0.39, 0.29) is 0 Å². The van der Waals surface area contributed by atoms with Crippen molar-refractivity contribution in [2.24, 2.45) is 5.73 Å². The fourth-order valence-electron chi connectivity index (χ4n) is 7.24. The molecule has 0 bridgehead atoms. The molecule has 0 amide bonds. The Bertz CT molecular complexity index is 670. The van der Waals surface area contributed by atoms with Crippen LogP contribution in [0.25, 0.3) is 0 Å². The van der Waals surface area contributed by atoms with Crippen LogP contribution in [0, 0.1) is 0 Å². The average molecular weight is 762 g/mol. The van der Waals surface area contributed by atoms with Gasteiger partial charge in [0, 0.05) is 13.1 Å². The quantitative estimate of drug-likeness (QED) is 0.0494. The summed E-state index contributed by atoms with van der Waals surface area (Å²) in [5.41, 5.74) is 5.84. The van der Waals surface area contributed by atoms with Crippen molar-refractivity contribution >= 4 is 0 Å². The van der Waals surface area contributed by atoms with Crippen LogP contribution >= 0.6 is 0 Å². The van der Waals surface area contributed by atoms with Crippen molar-refractivity contribution in [2.75, 3.05) is 72.2 Å². The Morgan fingerprint density at radius 2 is 0.611 bits per heavy atom. The van der Waals surface area contributed by atoms with Crippen molar-refractivity contribution in [1.29, 1.82) is 0 Å². The topological polar surface area (TPSA) is 51.0 Å². The third kappa shape index (κ3) is 44.0. The van der Waals surface area contributed by atoms with Crippen LogP contribution in [0.4, 0.5) is 0 Å². The molecule has 5 heteroatoms. The van der Waals surface area contributed by atoms with Crippen molar-refractivity contribution in [3.05, 3.63) is 24.3 Å². The van der Waals surface area contributed by atoms with E-state index >= 15 is 0 Å². The van der Waals surface area contributed by atoms with Gasteiger partial charge in [-0.3, -0.25) is 0 Å². The number of hydrogen-bond acceptors (Lipinski definition) is 5. The summed E-state index contributed by atoms with van der Waals surface area (Å²) in [7, 11) is 0. The van der Waals surface area contributed by atoms with Crippen LogP contribution < -0.4 is 5.73 Å². The third-order valence-corrected chi connectivity index (χ3v) is 11.0. The number of nitrogens with zero attached hydrogens (tertiary/aromatic N) is 2. The molecular weight excluding hydrogens is 663 g/mol. The molecular formula is C49H99N3O2. The van der Waals surface area contributed by atoms with Crippen LogP contribution in [0.15, 0.2) is 24.3 Å². The van der Waals surface area contributed by atoms with Gasteiger partial charge in [0.1, 0.15) is 0 Å². The summed E-state index contributed by atoms with van der Waals surface area (Å²) in [6.45, 7) is 17.4. The SMILES string of the molecule is CCCCCCCC/C=C\CCCCCCCCN(CCCC)CCOCCOCCN(CCCN)CCCCCCCC/C=C\CCCCCCCC. The molecule has 5 nitrogen and oxygen atoms in total. The van der Waals surface area contributed by atoms with Crippen molar-refractivity contribution in [3.8, 4) is 0 Å². The molecule has 0 aromatic rings. The van der Waals surface area contributed by atoms with Gasteiger partial charge in [0.25, 0.3) is 0 Å². The van der Waals surface area contributed by atoms with Gasteiger partial charge in [0.2, 0.25) is 0 Å². The van der Waals surface area contributed by atoms with Crippen molar-refractivity contribution in [2.45, 2.75) is 220 Å². The first kappa shape index (κ1) is 53.3. The maximum atomic E-state index is 6.01. The largest absolute Gasteiger partial charge is 0.378 e. The molecule has 0 aliphatic rings. The zero-order valence-corrected chi connectivity index (χ0v) is 37.3. The summed E-state index contributed by atoms with van der Waals surface area (Å²) in [4.78, 5) is 5.19. The molecule has 0 aromatic heterocycles. The fraction of sp³-hybridized carbons (Fsp3) is 0.918. The van der Waals surface area contributed by atoms with Crippen LogP contribution in [0.1, 0.15) is 220 Å². The van der Waals surface area contributed by atoms with Crippen molar-refractivity contribution in [3.63, 3.8) is 0 Å². The van der Waals surface area contributed by atoms with Gasteiger partial charge in [-0.2, -0.15) is 0 Å². The second kappa shape index (κ2) is 48.4. The minimum absolute atomic E-state index is 0.697. The minimum atomic E-state index is 0.697. The van der Waals surface area contributed by atoms with Crippen molar-refractivity contribution < 1.29 is 9.47 Å². The first-order chi connectivity index (χ1) is 26.8. The standard InChI is InChI=1S/C49H99N3O2/c1-4-7-10-12-14-16-18-20-22-24-26-28-30-32-34-36-41-51(40-9-6-3)44-46-53-48-49-54-47-45-52(43-38-39-50)42-37-35-33-31-29-27-25-23-21-19-17-15-13-11-8-5-2/h20-23H,4-19,24-50H2,1-3H3/b22-20-,23-21-. The lowest BCUT2D eigenvalue weighted by Crippen LogP contribution is -2.31. The zero-order chi connectivity index (χ0) is 39.1. The van der Waals surface area contributed by atoms with Gasteiger partial charge in [0.05, 0.1) is 26.4 Å². The van der Waals surface area contributed by atoms with Gasteiger partial charge in [-0.15, -0.1) is 0 Å². The van der Waals surface area contributed by atoms with E-state index < -0.39 is 0 Å². The Kier molecular flexibility index (Phi) is 47.8. The molecule has 0 aliphatic heterocycles. The number of nitrogens with two attached hydrogens (primary N) is 1. The van der Waals surface area contributed by atoms with Gasteiger partial charge >= 0.3 is 0 Å². The van der Waals surface area contributed by atoms with Crippen LogP contribution in [-0.2, 0) is 9.47 Å². The predicted molar refractivity (Wildman–Crippen MR) is 242 cm³/mol. The Labute approximate surface area is 340 Å². The number of ether oxygens (including phenoxy) is 2. The normalized spacial score (nSPS) is 12.2. The number of allylic oxidation sites excluding steroid dienone is 4. The van der Waals surface area contributed by atoms with E-state index in [0.29, 0.717) is 13.2 Å². The van der Waals surface area contributed by atoms with Gasteiger partial charge in [-0.1, -0.05) is 167 Å². The molecule has 0 unspecified atom stereocenters. The molecule has 0 radical (unpaired) electrons. The summed E-state index contributed by atoms with van der Waals surface area (Å²) in [5, 5.41) is 0. The monoisotopic (exact) mass is 762 g/mol. The van der Waals surface area contributed by atoms with E-state index in [1.54, 1.807) is 0 Å². The van der Waals surface area contributed by atoms with E-state index in [0.717, 1.165) is 45.8 Å². The highest BCUT2D eigenvalue weighted by Crippen LogP contribution is 2.12. The molecule has 54 heavy (non-hydrogen) atoms. The second-order valence-electron chi connectivity index (χ2n) is 16.3. The zero-order valence-electron chi connectivity index (χ0n) is 37.3. The van der Waals surface area contributed by atoms with Gasteiger partial charge in [0.15, 0.2) is 0 Å². The minimum Gasteiger partial charge on any atom is -0.378 e. The highest BCUT2D eigenvalue weighted by Gasteiger charge is 2.06. The summed E-state index contributed by atoms with van der Waals surface area (Å²) in [5.74, 6) is 0. The van der Waals surface area contributed by atoms with Gasteiger partial charge in [-0.25, -0.2) is 0 Å². The number of unbranched alkanes of at least 4 members (excludes halogenated alkanes) is 25. The van der Waals surface area contributed by atoms with Crippen LogP contribution in [0.3, 0.4) is 0 Å². The molecule has 0 heterocycles. The van der Waals surface area contributed by atoms with E-state index in [1.165, 1.54) is 212 Å². The van der Waals surface area contributed by atoms with E-state index in [4.69, 9.17) is 15.2 Å². The van der Waals surface area contributed by atoms with Gasteiger partial charge < -0.3 is 25.0 Å². The molecule has 0 aliphatic carbocycles. The third-order valence-electron chi connectivity index (χ3n) is 11.0. The summed E-state index contributed by atoms with van der Waals surface area (Å²) >= 11 is 0. The lowest BCUT2D eigenvalue weighted by Gasteiger charge is -2.22. The molecule has 0 saturated carbocycles. The highest BCUT2D eigenvalue weighted by molar-refractivity contribution is 4.82. The summed E-state index contributed by atoms with van der Waals surface area (Å²) in [6.07, 6.45) is 51.6. The molecule has 0 aromatic carbocycles. The lowest BCUT2D eigenvalue weighted by atomic mass is 10.1. The molecule has 322 valence electrons. The van der Waals surface area contributed by atoms with Crippen molar-refractivity contribution in [1.82, 2.24) is 9.80 Å². The molecule has 0 spiro atoms. The first-order valence-corrected chi connectivity index (χ1v) is 24.4. The van der Waals surface area contributed by atoms with Gasteiger partial charge in [-0.05, 0) is 110 Å². The molecule has 0 atom stereocenters. The predicted octanol–water partition coefficient (Wildman–Crippen LogP) is 13.8. The highest BCUT2D eigenvalue weighted by atomic mass is 16.5. The Morgan fingerprint density at radius 1 is 0.315 bits per heavy atom. The molecule has 2 N–H and O–H groups in total. The Balaban J connectivity index is 3.78. The number of rotatable bonds is 47. The van der Waals surface area contributed by atoms with Crippen LogP contribution in [0.2, 0.25) is 0 Å². The summed E-state index contributed by atoms with van der Waals surface area (Å²) < 4.78 is 12.0. The van der Waals surface area contributed by atoms with E-state index in [9.17, 15) is 0 Å². The smallest absolute Gasteiger partial charge is 0.0701 e. The maximum absolute atomic E-state index is 6.01. The average Bonchev–Trinajstić information content (AvgIpc) is 3.18. The first-order valence-electron chi connectivity index (χ1n) is 24.4.